The van der Waals surface area contributed by atoms with Crippen molar-refractivity contribution in [2.45, 2.75) is 26.2 Å². The van der Waals surface area contributed by atoms with Crippen LogP contribution in [0.15, 0.2) is 67.4 Å². The van der Waals surface area contributed by atoms with Crippen molar-refractivity contribution in [1.29, 1.82) is 0 Å². The lowest BCUT2D eigenvalue weighted by Crippen LogP contribution is -2.14. The molecule has 0 heterocycles. The van der Waals surface area contributed by atoms with Gasteiger partial charge in [0.2, 0.25) is 0 Å². The molecule has 2 aromatic rings. The lowest BCUT2D eigenvalue weighted by atomic mass is 9.93. The summed E-state index contributed by atoms with van der Waals surface area (Å²) in [6.07, 6.45) is 5.41. The van der Waals surface area contributed by atoms with E-state index in [0.717, 1.165) is 29.7 Å². The average Bonchev–Trinajstić information content (AvgIpc) is 3.05. The van der Waals surface area contributed by atoms with Crippen molar-refractivity contribution in [1.82, 2.24) is 0 Å². The number of hydrogen-bond acceptors (Lipinski definition) is 1. The summed E-state index contributed by atoms with van der Waals surface area (Å²) in [6, 6.07) is 13.4. The fourth-order valence-corrected chi connectivity index (χ4v) is 3.59. The van der Waals surface area contributed by atoms with Gasteiger partial charge in [-0.25, -0.2) is 4.39 Å². The van der Waals surface area contributed by atoms with Gasteiger partial charge in [-0.1, -0.05) is 55.0 Å². The summed E-state index contributed by atoms with van der Waals surface area (Å²) in [5.41, 5.74) is 4.46. The largest absolute Gasteiger partial charge is 0.357 e. The predicted octanol–water partition coefficient (Wildman–Crippen LogP) is 6.33. The molecule has 2 unspecified atom stereocenters. The molecule has 0 aromatic heterocycles. The number of benzene rings is 2. The van der Waals surface area contributed by atoms with Crippen molar-refractivity contribution in [3.05, 3.63) is 78.8 Å². The molecule has 0 aliphatic heterocycles. The van der Waals surface area contributed by atoms with Gasteiger partial charge < -0.3 is 5.32 Å². The maximum atomic E-state index is 14.5. The molecule has 1 aliphatic rings. The minimum Gasteiger partial charge on any atom is -0.357 e. The van der Waals surface area contributed by atoms with Crippen molar-refractivity contribution in [2.75, 3.05) is 5.32 Å². The Hall–Kier alpha value is -2.35. The molecule has 1 aliphatic carbocycles. The monoisotopic (exact) mass is 321 g/mol. The first kappa shape index (κ1) is 16.5. The van der Waals surface area contributed by atoms with E-state index in [9.17, 15) is 4.39 Å². The Kier molecular flexibility index (Phi) is 4.84. The first-order valence-electron chi connectivity index (χ1n) is 8.53. The standard InChI is InChI=1S/C22H24FN/c1-4-17-8-6-10-20(17)16(3)24-22-12-11-19(14-21(22)23)18-9-5-7-15(2)13-18/h4-5,7,9,11-14,17,20,24H,1,3,6,8,10H2,2H3. The third-order valence-electron chi connectivity index (χ3n) is 4.94. The van der Waals surface area contributed by atoms with Crippen LogP contribution in [-0.2, 0) is 0 Å². The smallest absolute Gasteiger partial charge is 0.147 e. The van der Waals surface area contributed by atoms with Crippen LogP contribution in [0.1, 0.15) is 24.8 Å². The van der Waals surface area contributed by atoms with Crippen molar-refractivity contribution in [2.24, 2.45) is 11.8 Å². The molecule has 2 atom stereocenters. The number of aryl methyl sites for hydroxylation is 1. The van der Waals surface area contributed by atoms with E-state index in [-0.39, 0.29) is 5.82 Å². The van der Waals surface area contributed by atoms with Gasteiger partial charge >= 0.3 is 0 Å². The second-order valence-corrected chi connectivity index (χ2v) is 6.65. The lowest BCUT2D eigenvalue weighted by molar-refractivity contribution is 0.533. The van der Waals surface area contributed by atoms with E-state index >= 15 is 0 Å². The Morgan fingerprint density at radius 1 is 1.17 bits per heavy atom. The van der Waals surface area contributed by atoms with E-state index in [0.29, 0.717) is 17.5 Å². The highest BCUT2D eigenvalue weighted by Gasteiger charge is 2.27. The molecule has 124 valence electrons. The summed E-state index contributed by atoms with van der Waals surface area (Å²) in [5, 5.41) is 3.19. The Bertz CT molecular complexity index is 762. The van der Waals surface area contributed by atoms with Crippen LogP contribution < -0.4 is 5.32 Å². The molecule has 2 heteroatoms. The van der Waals surface area contributed by atoms with Gasteiger partial charge in [0, 0.05) is 11.6 Å². The molecule has 1 N–H and O–H groups in total. The predicted molar refractivity (Wildman–Crippen MR) is 100 cm³/mol. The topological polar surface area (TPSA) is 12.0 Å². The van der Waals surface area contributed by atoms with Crippen LogP contribution in [0.2, 0.25) is 0 Å². The third kappa shape index (κ3) is 3.43. The molecule has 1 nitrogen and oxygen atoms in total. The second-order valence-electron chi connectivity index (χ2n) is 6.65. The van der Waals surface area contributed by atoms with Crippen LogP contribution in [0, 0.1) is 24.6 Å². The Labute approximate surface area is 143 Å². The lowest BCUT2D eigenvalue weighted by Gasteiger charge is -2.21. The van der Waals surface area contributed by atoms with Gasteiger partial charge in [-0.15, -0.1) is 6.58 Å². The first-order chi connectivity index (χ1) is 11.6. The number of halogens is 1. The zero-order valence-electron chi connectivity index (χ0n) is 14.2. The van der Waals surface area contributed by atoms with Gasteiger partial charge in [-0.05, 0) is 48.9 Å². The number of allylic oxidation sites excluding steroid dienone is 2. The third-order valence-corrected chi connectivity index (χ3v) is 4.94. The van der Waals surface area contributed by atoms with Gasteiger partial charge in [0.15, 0.2) is 0 Å². The van der Waals surface area contributed by atoms with Crippen molar-refractivity contribution < 1.29 is 4.39 Å². The summed E-state index contributed by atoms with van der Waals surface area (Å²) in [4.78, 5) is 0. The number of anilines is 1. The molecule has 0 amide bonds. The fraction of sp³-hybridized carbons (Fsp3) is 0.273. The molecule has 2 aromatic carbocycles. The van der Waals surface area contributed by atoms with Crippen LogP contribution in [0.5, 0.6) is 0 Å². The van der Waals surface area contributed by atoms with Crippen molar-refractivity contribution in [3.8, 4) is 11.1 Å². The van der Waals surface area contributed by atoms with Crippen LogP contribution in [0.3, 0.4) is 0 Å². The van der Waals surface area contributed by atoms with Crippen LogP contribution in [0.25, 0.3) is 11.1 Å². The number of nitrogens with one attached hydrogen (secondary N) is 1. The van der Waals surface area contributed by atoms with E-state index in [1.54, 1.807) is 12.1 Å². The summed E-state index contributed by atoms with van der Waals surface area (Å²) in [7, 11) is 0. The molecule has 0 saturated heterocycles. The summed E-state index contributed by atoms with van der Waals surface area (Å²) in [5.74, 6) is 0.543. The Balaban J connectivity index is 1.78. The second kappa shape index (κ2) is 7.04. The number of hydrogen-bond donors (Lipinski definition) is 1. The van der Waals surface area contributed by atoms with Gasteiger partial charge in [0.25, 0.3) is 0 Å². The van der Waals surface area contributed by atoms with Crippen molar-refractivity contribution >= 4 is 5.69 Å². The molecular formula is C22H24FN. The first-order valence-corrected chi connectivity index (χ1v) is 8.53. The number of rotatable bonds is 5. The average molecular weight is 321 g/mol. The van der Waals surface area contributed by atoms with E-state index in [1.807, 2.05) is 37.3 Å². The fourth-order valence-electron chi connectivity index (χ4n) is 3.59. The maximum absolute atomic E-state index is 14.5. The van der Waals surface area contributed by atoms with Crippen molar-refractivity contribution in [3.63, 3.8) is 0 Å². The Morgan fingerprint density at radius 2 is 1.96 bits per heavy atom. The molecule has 0 spiro atoms. The molecule has 0 bridgehead atoms. The highest BCUT2D eigenvalue weighted by atomic mass is 19.1. The summed E-state index contributed by atoms with van der Waals surface area (Å²) >= 11 is 0. The molecule has 1 saturated carbocycles. The van der Waals surface area contributed by atoms with E-state index < -0.39 is 0 Å². The molecule has 1 fully saturated rings. The Morgan fingerprint density at radius 3 is 2.67 bits per heavy atom. The minimum atomic E-state index is -0.247. The van der Waals surface area contributed by atoms with Gasteiger partial charge in [0.05, 0.1) is 5.69 Å². The quantitative estimate of drug-likeness (QED) is 0.635. The molecule has 24 heavy (non-hydrogen) atoms. The molecular weight excluding hydrogens is 297 g/mol. The maximum Gasteiger partial charge on any atom is 0.147 e. The SMILES string of the molecule is C=CC1CCCC1C(=C)Nc1ccc(-c2cccc(C)c2)cc1F. The van der Waals surface area contributed by atoms with Crippen LogP contribution in [-0.4, -0.2) is 0 Å². The van der Waals surface area contributed by atoms with Gasteiger partial charge in [-0.3, -0.25) is 0 Å². The zero-order valence-corrected chi connectivity index (χ0v) is 14.2. The normalized spacial score (nSPS) is 19.9. The van der Waals surface area contributed by atoms with E-state index in [2.05, 4.69) is 24.5 Å². The summed E-state index contributed by atoms with van der Waals surface area (Å²) < 4.78 is 14.5. The van der Waals surface area contributed by atoms with E-state index in [4.69, 9.17) is 0 Å². The summed E-state index contributed by atoms with van der Waals surface area (Å²) in [6.45, 7) is 10.1. The minimum absolute atomic E-state index is 0.247. The van der Waals surface area contributed by atoms with Gasteiger partial charge in [-0.2, -0.15) is 0 Å². The molecule has 0 radical (unpaired) electrons. The highest BCUT2D eigenvalue weighted by Crippen LogP contribution is 2.37. The van der Waals surface area contributed by atoms with E-state index in [1.165, 1.54) is 12.0 Å². The molecule has 3 rings (SSSR count). The van der Waals surface area contributed by atoms with Gasteiger partial charge in [0.1, 0.15) is 5.82 Å². The highest BCUT2D eigenvalue weighted by molar-refractivity contribution is 5.67. The van der Waals surface area contributed by atoms with Crippen LogP contribution >= 0.6 is 0 Å². The zero-order chi connectivity index (χ0) is 17.1. The van der Waals surface area contributed by atoms with Crippen LogP contribution in [0.4, 0.5) is 10.1 Å².